The van der Waals surface area contributed by atoms with Gasteiger partial charge >= 0.3 is 0 Å². The molecule has 20 heavy (non-hydrogen) atoms. The molecule has 1 aliphatic rings. The fraction of sp³-hybridized carbons (Fsp3) is 0.538. The summed E-state index contributed by atoms with van der Waals surface area (Å²) in [4.78, 5) is 2.14. The second-order valence-electron chi connectivity index (χ2n) is 5.27. The standard InChI is InChI=1S/C13H21N3O3S/c14-11-6-12(8-13(7-11)20(15,18)19)16-4-1-2-10(9-16)3-5-17/h6-8,10,17H,1-5,9,14H2,(H2,15,18,19). The van der Waals surface area contributed by atoms with Crippen LogP contribution < -0.4 is 15.8 Å². The summed E-state index contributed by atoms with van der Waals surface area (Å²) in [6.45, 7) is 1.83. The summed E-state index contributed by atoms with van der Waals surface area (Å²) in [6, 6.07) is 4.69. The maximum absolute atomic E-state index is 11.5. The molecule has 1 aromatic rings. The Morgan fingerprint density at radius 3 is 2.75 bits per heavy atom. The first kappa shape index (κ1) is 15.1. The Morgan fingerprint density at radius 2 is 2.10 bits per heavy atom. The smallest absolute Gasteiger partial charge is 0.238 e. The molecule has 1 unspecified atom stereocenters. The maximum Gasteiger partial charge on any atom is 0.238 e. The number of rotatable bonds is 4. The van der Waals surface area contributed by atoms with Crippen LogP contribution in [0.3, 0.4) is 0 Å². The Labute approximate surface area is 119 Å². The zero-order valence-electron chi connectivity index (χ0n) is 11.3. The number of nitrogens with zero attached hydrogens (tertiary/aromatic N) is 1. The Bertz CT molecular complexity index is 572. The second-order valence-corrected chi connectivity index (χ2v) is 6.83. The lowest BCUT2D eigenvalue weighted by Gasteiger charge is -2.34. The lowest BCUT2D eigenvalue weighted by Crippen LogP contribution is -2.36. The molecular formula is C13H21N3O3S. The zero-order chi connectivity index (χ0) is 14.8. The van der Waals surface area contributed by atoms with Crippen LogP contribution in [0.2, 0.25) is 0 Å². The molecule has 0 aromatic heterocycles. The summed E-state index contributed by atoms with van der Waals surface area (Å²) in [6.07, 6.45) is 2.87. The van der Waals surface area contributed by atoms with Crippen LogP contribution in [-0.2, 0) is 10.0 Å². The van der Waals surface area contributed by atoms with Crippen LogP contribution in [0.4, 0.5) is 11.4 Å². The van der Waals surface area contributed by atoms with E-state index in [4.69, 9.17) is 16.0 Å². The first-order valence-corrected chi connectivity index (χ1v) is 8.24. The molecule has 1 aromatic carbocycles. The number of nitrogens with two attached hydrogens (primary N) is 2. The van der Waals surface area contributed by atoms with Gasteiger partial charge < -0.3 is 15.7 Å². The fourth-order valence-corrected chi connectivity index (χ4v) is 3.26. The number of nitrogen functional groups attached to an aromatic ring is 1. The molecule has 0 radical (unpaired) electrons. The predicted molar refractivity (Wildman–Crippen MR) is 78.9 cm³/mol. The van der Waals surface area contributed by atoms with Gasteiger partial charge in [-0.25, -0.2) is 13.6 Å². The highest BCUT2D eigenvalue weighted by Crippen LogP contribution is 2.28. The highest BCUT2D eigenvalue weighted by molar-refractivity contribution is 7.89. The first-order valence-electron chi connectivity index (χ1n) is 6.69. The van der Waals surface area contributed by atoms with Crippen molar-refractivity contribution in [3.05, 3.63) is 18.2 Å². The number of aliphatic hydroxyl groups excluding tert-OH is 1. The molecule has 0 saturated carbocycles. The van der Waals surface area contributed by atoms with E-state index in [2.05, 4.69) is 4.90 Å². The third-order valence-corrected chi connectivity index (χ3v) is 4.56. The summed E-state index contributed by atoms with van der Waals surface area (Å²) in [5.74, 6) is 0.424. The molecule has 2 rings (SSSR count). The van der Waals surface area contributed by atoms with Gasteiger partial charge in [0, 0.05) is 31.1 Å². The van der Waals surface area contributed by atoms with Crippen molar-refractivity contribution < 1.29 is 13.5 Å². The SMILES string of the molecule is Nc1cc(N2CCCC(CCO)C2)cc(S(N)(=O)=O)c1. The number of benzene rings is 1. The number of hydrogen-bond donors (Lipinski definition) is 3. The molecule has 0 aliphatic carbocycles. The highest BCUT2D eigenvalue weighted by atomic mass is 32.2. The molecule has 5 N–H and O–H groups in total. The van der Waals surface area contributed by atoms with E-state index in [1.54, 1.807) is 12.1 Å². The predicted octanol–water partition coefficient (Wildman–Crippen LogP) is 0.515. The van der Waals surface area contributed by atoms with Crippen molar-refractivity contribution >= 4 is 21.4 Å². The van der Waals surface area contributed by atoms with E-state index in [0.29, 0.717) is 11.6 Å². The van der Waals surface area contributed by atoms with E-state index < -0.39 is 10.0 Å². The summed E-state index contributed by atoms with van der Waals surface area (Å²) >= 11 is 0. The molecular weight excluding hydrogens is 278 g/mol. The van der Waals surface area contributed by atoms with E-state index in [-0.39, 0.29) is 11.5 Å². The van der Waals surface area contributed by atoms with Crippen LogP contribution >= 0.6 is 0 Å². The molecule has 0 amide bonds. The number of piperidine rings is 1. The molecule has 7 heteroatoms. The van der Waals surface area contributed by atoms with Gasteiger partial charge in [0.05, 0.1) is 4.90 Å². The van der Waals surface area contributed by atoms with Crippen LogP contribution in [0.1, 0.15) is 19.3 Å². The first-order chi connectivity index (χ1) is 9.40. The van der Waals surface area contributed by atoms with Crippen molar-refractivity contribution in [2.75, 3.05) is 30.3 Å². The Balaban J connectivity index is 2.26. The van der Waals surface area contributed by atoms with Gasteiger partial charge in [-0.05, 0) is 43.4 Å². The van der Waals surface area contributed by atoms with Crippen LogP contribution in [-0.4, -0.2) is 33.2 Å². The summed E-state index contributed by atoms with van der Waals surface area (Å²) in [5, 5.41) is 14.2. The Kier molecular flexibility index (Phi) is 4.52. The molecule has 1 fully saturated rings. The number of hydrogen-bond acceptors (Lipinski definition) is 5. The molecule has 1 atom stereocenters. The number of sulfonamides is 1. The Morgan fingerprint density at radius 1 is 1.35 bits per heavy atom. The highest BCUT2D eigenvalue weighted by Gasteiger charge is 2.21. The minimum Gasteiger partial charge on any atom is -0.399 e. The lowest BCUT2D eigenvalue weighted by atomic mass is 9.95. The number of primary sulfonamides is 1. The van der Waals surface area contributed by atoms with Crippen molar-refractivity contribution in [1.82, 2.24) is 0 Å². The van der Waals surface area contributed by atoms with E-state index >= 15 is 0 Å². The largest absolute Gasteiger partial charge is 0.399 e. The molecule has 1 aliphatic heterocycles. The van der Waals surface area contributed by atoms with E-state index in [1.807, 2.05) is 0 Å². The van der Waals surface area contributed by atoms with Gasteiger partial charge in [0.1, 0.15) is 0 Å². The maximum atomic E-state index is 11.5. The third-order valence-electron chi connectivity index (χ3n) is 3.66. The molecule has 1 saturated heterocycles. The van der Waals surface area contributed by atoms with Gasteiger partial charge in [-0.3, -0.25) is 0 Å². The monoisotopic (exact) mass is 299 g/mol. The van der Waals surface area contributed by atoms with Gasteiger partial charge in [-0.15, -0.1) is 0 Å². The molecule has 0 spiro atoms. The van der Waals surface area contributed by atoms with Gasteiger partial charge in [0.2, 0.25) is 10.0 Å². The molecule has 6 nitrogen and oxygen atoms in total. The van der Waals surface area contributed by atoms with Crippen LogP contribution in [0.15, 0.2) is 23.1 Å². The normalized spacial score (nSPS) is 20.1. The second kappa shape index (κ2) is 5.99. The topological polar surface area (TPSA) is 110 Å². The van der Waals surface area contributed by atoms with Gasteiger partial charge in [0.15, 0.2) is 0 Å². The molecule has 1 heterocycles. The van der Waals surface area contributed by atoms with Crippen molar-refractivity contribution in [2.24, 2.45) is 11.1 Å². The van der Waals surface area contributed by atoms with Crippen molar-refractivity contribution in [2.45, 2.75) is 24.2 Å². The van der Waals surface area contributed by atoms with Crippen LogP contribution in [0.5, 0.6) is 0 Å². The summed E-state index contributed by atoms with van der Waals surface area (Å²) in [5.41, 5.74) is 6.93. The molecule has 0 bridgehead atoms. The van der Waals surface area contributed by atoms with Gasteiger partial charge in [0.25, 0.3) is 0 Å². The number of aliphatic hydroxyl groups is 1. The minimum atomic E-state index is -3.76. The molecule has 112 valence electrons. The third kappa shape index (κ3) is 3.62. The van der Waals surface area contributed by atoms with Crippen molar-refractivity contribution in [3.63, 3.8) is 0 Å². The zero-order valence-corrected chi connectivity index (χ0v) is 12.1. The van der Waals surface area contributed by atoms with Gasteiger partial charge in [-0.2, -0.15) is 0 Å². The summed E-state index contributed by atoms with van der Waals surface area (Å²) < 4.78 is 22.9. The van der Waals surface area contributed by atoms with Crippen LogP contribution in [0.25, 0.3) is 0 Å². The van der Waals surface area contributed by atoms with Crippen LogP contribution in [0, 0.1) is 5.92 Å². The lowest BCUT2D eigenvalue weighted by molar-refractivity contribution is 0.244. The minimum absolute atomic E-state index is 0.0387. The van der Waals surface area contributed by atoms with E-state index in [1.165, 1.54) is 6.07 Å². The number of anilines is 2. The Hall–Kier alpha value is -1.31. The van der Waals surface area contributed by atoms with Gasteiger partial charge in [-0.1, -0.05) is 0 Å². The van der Waals surface area contributed by atoms with Crippen molar-refractivity contribution in [1.29, 1.82) is 0 Å². The average molecular weight is 299 g/mol. The summed E-state index contributed by atoms with van der Waals surface area (Å²) in [7, 11) is -3.76. The average Bonchev–Trinajstić information content (AvgIpc) is 2.38. The van der Waals surface area contributed by atoms with E-state index in [9.17, 15) is 8.42 Å². The quantitative estimate of drug-likeness (QED) is 0.702. The van der Waals surface area contributed by atoms with Crippen molar-refractivity contribution in [3.8, 4) is 0 Å². The fourth-order valence-electron chi connectivity index (χ4n) is 2.67. The van der Waals surface area contributed by atoms with E-state index in [0.717, 1.165) is 38.0 Å².